The summed E-state index contributed by atoms with van der Waals surface area (Å²) < 4.78 is 29.2. The predicted molar refractivity (Wildman–Crippen MR) is 157 cm³/mol. The van der Waals surface area contributed by atoms with Gasteiger partial charge in [0.1, 0.15) is 5.75 Å². The van der Waals surface area contributed by atoms with E-state index in [0.717, 1.165) is 55.1 Å². The molecule has 0 spiro atoms. The van der Waals surface area contributed by atoms with Crippen LogP contribution in [0.3, 0.4) is 0 Å². The number of carbonyl (C=O) groups is 1. The van der Waals surface area contributed by atoms with Gasteiger partial charge in [0, 0.05) is 30.8 Å². The first-order valence-electron chi connectivity index (χ1n) is 13.9. The van der Waals surface area contributed by atoms with E-state index in [0.29, 0.717) is 36.3 Å². The van der Waals surface area contributed by atoms with Crippen molar-refractivity contribution >= 4 is 33.8 Å². The van der Waals surface area contributed by atoms with Crippen molar-refractivity contribution in [2.45, 2.75) is 58.1 Å². The van der Waals surface area contributed by atoms with Crippen LogP contribution in [0.25, 0.3) is 0 Å². The molecular weight excluding hydrogens is 532 g/mol. The maximum absolute atomic E-state index is 13.1. The van der Waals surface area contributed by atoms with Crippen molar-refractivity contribution in [2.75, 3.05) is 30.9 Å². The van der Waals surface area contributed by atoms with Crippen molar-refractivity contribution in [3.8, 4) is 5.75 Å². The van der Waals surface area contributed by atoms with Crippen molar-refractivity contribution in [3.05, 3.63) is 70.3 Å². The Kier molecular flexibility index (Phi) is 8.69. The number of nitrogens with zero attached hydrogens (tertiary/aromatic N) is 2. The number of aryl methyl sites for hydroxylation is 1. The van der Waals surface area contributed by atoms with E-state index in [9.17, 15) is 9.00 Å². The number of ether oxygens (including phenoxy) is 2. The van der Waals surface area contributed by atoms with Crippen LogP contribution in [0.1, 0.15) is 61.0 Å². The highest BCUT2D eigenvalue weighted by molar-refractivity contribution is 7.75. The summed E-state index contributed by atoms with van der Waals surface area (Å²) >= 11 is 6.40. The van der Waals surface area contributed by atoms with Crippen LogP contribution in [0, 0.1) is 17.8 Å². The highest BCUT2D eigenvalue weighted by Crippen LogP contribution is 2.49. The fourth-order valence-corrected chi connectivity index (χ4v) is 7.30. The molecule has 0 saturated heterocycles. The van der Waals surface area contributed by atoms with Gasteiger partial charge in [0.05, 0.1) is 17.9 Å². The molecule has 6 rings (SSSR count). The summed E-state index contributed by atoms with van der Waals surface area (Å²) in [4.78, 5) is 15.5. The molecule has 1 saturated carbocycles. The Morgan fingerprint density at radius 3 is 2.79 bits per heavy atom. The van der Waals surface area contributed by atoms with Crippen molar-refractivity contribution in [1.82, 2.24) is 0 Å². The Balaban J connectivity index is 1.61. The van der Waals surface area contributed by atoms with Crippen molar-refractivity contribution in [2.24, 2.45) is 22.1 Å². The molecule has 3 aliphatic heterocycles. The first-order chi connectivity index (χ1) is 18.8. The molecule has 8 heteroatoms. The normalized spacial score (nSPS) is 29.2. The van der Waals surface area contributed by atoms with E-state index in [1.807, 2.05) is 25.1 Å². The molecular formula is C31H38ClN2O4S-. The lowest BCUT2D eigenvalue weighted by atomic mass is 9.61. The summed E-state index contributed by atoms with van der Waals surface area (Å²) in [7, 11) is 0.198. The van der Waals surface area contributed by atoms with Gasteiger partial charge in [-0.3, -0.25) is 4.79 Å². The van der Waals surface area contributed by atoms with E-state index >= 15 is 0 Å². The number of rotatable bonds is 1. The number of carbonyl (C=O) groups excluding carboxylic acids is 1. The summed E-state index contributed by atoms with van der Waals surface area (Å²) in [5.74, 6) is 1.48. The molecule has 0 N–H and O–H groups in total. The van der Waals surface area contributed by atoms with Gasteiger partial charge in [-0.1, -0.05) is 55.3 Å². The summed E-state index contributed by atoms with van der Waals surface area (Å²) in [5, 5.41) is 0.745. The Labute approximate surface area is 238 Å². The zero-order valence-electron chi connectivity index (χ0n) is 23.0. The quantitative estimate of drug-likeness (QED) is 0.273. The monoisotopic (exact) mass is 569 g/mol. The second kappa shape index (κ2) is 12.0. The first kappa shape index (κ1) is 28.2. The predicted octanol–water partition coefficient (Wildman–Crippen LogP) is 6.99. The number of halogens is 1. The summed E-state index contributed by atoms with van der Waals surface area (Å²) in [6.07, 6.45) is 8.88. The number of fused-ring (bicyclic) bond motifs is 6. The summed E-state index contributed by atoms with van der Waals surface area (Å²) in [5.41, 5.74) is 3.46. The SMILES string of the molecule is CO[C@@]12/C=C/C[C@H](C)C[S-](=O)=NC(=O)c3ccc4c(c3)N(Cc3ccc(Cl)cc3CCCCO4)C[C@H](C1)[C@H]2C. The molecule has 1 amide bonds. The van der Waals surface area contributed by atoms with Crippen molar-refractivity contribution < 1.29 is 18.5 Å². The summed E-state index contributed by atoms with van der Waals surface area (Å²) in [6, 6.07) is 11.6. The van der Waals surface area contributed by atoms with Crippen LogP contribution in [-0.2, 0) is 32.5 Å². The largest absolute Gasteiger partial charge is 0.491 e. The van der Waals surface area contributed by atoms with Crippen LogP contribution in [0.15, 0.2) is 52.9 Å². The van der Waals surface area contributed by atoms with Crippen LogP contribution in [-0.4, -0.2) is 37.5 Å². The molecule has 2 aromatic rings. The maximum atomic E-state index is 13.1. The standard InChI is InChI=1S/C31H38ClN2O4S/c1-21-7-6-13-31(37-3)17-26(22(31)2)19-34-18-25-9-11-27(32)15-23(25)8-4-5-14-38-29-12-10-24(16-28(29)34)30(35)33-39(36)20-21/h6,9-13,15-16,21-22,26H,4-5,7-8,14,17-20H2,1-3H3/q-1/b13-6+/t21-,22+,26-,31-/m0/s1. The van der Waals surface area contributed by atoms with E-state index < -0.39 is 16.5 Å². The molecule has 0 radical (unpaired) electrons. The third-order valence-electron chi connectivity index (χ3n) is 8.62. The molecule has 210 valence electrons. The lowest BCUT2D eigenvalue weighted by Crippen LogP contribution is -2.56. The second-order valence-electron chi connectivity index (χ2n) is 11.3. The minimum absolute atomic E-state index is 0.136. The average Bonchev–Trinajstić information content (AvgIpc) is 2.94. The highest BCUT2D eigenvalue weighted by Gasteiger charge is 2.50. The number of allylic oxidation sites excluding steroid dienone is 1. The highest BCUT2D eigenvalue weighted by atomic mass is 35.5. The molecule has 1 aliphatic carbocycles. The van der Waals surface area contributed by atoms with Crippen molar-refractivity contribution in [1.29, 1.82) is 0 Å². The molecule has 1 fully saturated rings. The van der Waals surface area contributed by atoms with Crippen LogP contribution in [0.4, 0.5) is 5.69 Å². The molecule has 39 heavy (non-hydrogen) atoms. The molecule has 0 unspecified atom stereocenters. The van der Waals surface area contributed by atoms with E-state index in [-0.39, 0.29) is 11.5 Å². The molecule has 4 atom stereocenters. The lowest BCUT2D eigenvalue weighted by Gasteiger charge is -2.53. The van der Waals surface area contributed by atoms with Gasteiger partial charge in [-0.2, -0.15) is 10.6 Å². The van der Waals surface area contributed by atoms with Gasteiger partial charge >= 0.3 is 0 Å². The number of hydrogen-bond acceptors (Lipinski definition) is 6. The van der Waals surface area contributed by atoms with Crippen molar-refractivity contribution in [3.63, 3.8) is 0 Å². The molecule has 4 aliphatic rings. The minimum Gasteiger partial charge on any atom is -0.491 e. The van der Waals surface area contributed by atoms with Crippen LogP contribution in [0.5, 0.6) is 5.75 Å². The zero-order valence-corrected chi connectivity index (χ0v) is 24.6. The van der Waals surface area contributed by atoms with Gasteiger partial charge in [-0.15, -0.1) is 0 Å². The lowest BCUT2D eigenvalue weighted by molar-refractivity contribution is -0.116. The van der Waals surface area contributed by atoms with Gasteiger partial charge in [0.2, 0.25) is 0 Å². The third-order valence-corrected chi connectivity index (χ3v) is 10.1. The van der Waals surface area contributed by atoms with Gasteiger partial charge in [-0.25, -0.2) is 0 Å². The third kappa shape index (κ3) is 6.21. The fourth-order valence-electron chi connectivity index (χ4n) is 6.12. The van der Waals surface area contributed by atoms with E-state index in [1.165, 1.54) is 11.1 Å². The number of hydrogen-bond donors (Lipinski definition) is 0. The fraction of sp³-hybridized carbons (Fsp3) is 0.516. The zero-order chi connectivity index (χ0) is 27.6. The molecule has 2 aromatic carbocycles. The van der Waals surface area contributed by atoms with Crippen LogP contribution >= 0.6 is 11.6 Å². The van der Waals surface area contributed by atoms with E-state index in [2.05, 4.69) is 40.5 Å². The number of methoxy groups -OCH3 is 1. The minimum atomic E-state index is -1.60. The van der Waals surface area contributed by atoms with Gasteiger partial charge in [0.25, 0.3) is 5.91 Å². The number of amides is 1. The maximum Gasteiger partial charge on any atom is 0.254 e. The Bertz CT molecular complexity index is 1340. The average molecular weight is 570 g/mol. The van der Waals surface area contributed by atoms with Crippen LogP contribution in [0.2, 0.25) is 5.02 Å². The van der Waals surface area contributed by atoms with Gasteiger partial charge in [-0.05, 0) is 85.4 Å². The van der Waals surface area contributed by atoms with E-state index in [4.69, 9.17) is 21.1 Å². The first-order valence-corrected chi connectivity index (χ1v) is 15.6. The molecule has 3 heterocycles. The number of anilines is 1. The Morgan fingerprint density at radius 2 is 2.00 bits per heavy atom. The van der Waals surface area contributed by atoms with E-state index in [1.54, 1.807) is 13.2 Å². The summed E-state index contributed by atoms with van der Waals surface area (Å²) in [6.45, 7) is 6.35. The molecule has 0 aromatic heterocycles. The molecule has 4 bridgehead atoms. The Morgan fingerprint density at radius 1 is 1.15 bits per heavy atom. The van der Waals surface area contributed by atoms with Gasteiger partial charge < -0.3 is 22.9 Å². The number of benzene rings is 2. The Hall–Kier alpha value is -2.35. The topological polar surface area (TPSA) is 68.2 Å². The van der Waals surface area contributed by atoms with Crippen LogP contribution < -0.4 is 9.64 Å². The second-order valence-corrected chi connectivity index (χ2v) is 12.9. The molecule has 6 nitrogen and oxygen atoms in total. The van der Waals surface area contributed by atoms with Gasteiger partial charge in [0.15, 0.2) is 0 Å². The smallest absolute Gasteiger partial charge is 0.254 e.